The Kier molecular flexibility index (Phi) is 4.36. The number of hydrogen-bond donors (Lipinski definition) is 2. The van der Waals surface area contributed by atoms with E-state index >= 15 is 0 Å². The molecule has 1 aromatic rings. The van der Waals surface area contributed by atoms with Gasteiger partial charge in [-0.15, -0.1) is 0 Å². The van der Waals surface area contributed by atoms with Crippen molar-refractivity contribution in [1.82, 2.24) is 4.90 Å². The number of thiocarbonyl (C=S) groups is 1. The molecule has 0 bridgehead atoms. The van der Waals surface area contributed by atoms with Crippen molar-refractivity contribution in [3.05, 3.63) is 29.8 Å². The van der Waals surface area contributed by atoms with E-state index in [0.717, 1.165) is 18.6 Å². The minimum absolute atomic E-state index is 0.245. The third-order valence-corrected chi connectivity index (χ3v) is 3.58. The number of anilines is 1. The lowest BCUT2D eigenvalue weighted by Gasteiger charge is -2.24. The lowest BCUT2D eigenvalue weighted by Crippen LogP contribution is -2.44. The molecule has 2 rings (SSSR count). The molecule has 2 amide bonds. The van der Waals surface area contributed by atoms with Crippen LogP contribution in [0.1, 0.15) is 18.4 Å². The maximum Gasteiger partial charge on any atom is 0.416 e. The maximum absolute atomic E-state index is 12.4. The number of carbonyl (C=O) groups excluding carboxylic acids is 1. The van der Waals surface area contributed by atoms with Gasteiger partial charge in [0.2, 0.25) is 0 Å². The highest BCUT2D eigenvalue weighted by atomic mass is 32.1. The Labute approximate surface area is 125 Å². The van der Waals surface area contributed by atoms with Crippen LogP contribution in [0.4, 0.5) is 23.7 Å². The van der Waals surface area contributed by atoms with Crippen LogP contribution >= 0.6 is 12.2 Å². The van der Waals surface area contributed by atoms with Gasteiger partial charge < -0.3 is 16.0 Å². The second-order valence-electron chi connectivity index (χ2n) is 4.76. The normalized spacial score (nSPS) is 18.6. The van der Waals surface area contributed by atoms with Crippen molar-refractivity contribution in [1.29, 1.82) is 0 Å². The Morgan fingerprint density at radius 3 is 2.48 bits per heavy atom. The van der Waals surface area contributed by atoms with Crippen LogP contribution in [0.15, 0.2) is 24.3 Å². The first-order chi connectivity index (χ1) is 9.79. The molecule has 21 heavy (non-hydrogen) atoms. The summed E-state index contributed by atoms with van der Waals surface area (Å²) in [5, 5.41) is 2.55. The number of benzene rings is 1. The average molecular weight is 317 g/mol. The van der Waals surface area contributed by atoms with Gasteiger partial charge in [0.05, 0.1) is 16.6 Å². The van der Waals surface area contributed by atoms with Crippen LogP contribution in [0.3, 0.4) is 0 Å². The zero-order valence-electron chi connectivity index (χ0n) is 11.0. The van der Waals surface area contributed by atoms with Crippen LogP contribution in [0, 0.1) is 0 Å². The molecule has 4 nitrogen and oxygen atoms in total. The molecule has 1 atom stereocenters. The summed E-state index contributed by atoms with van der Waals surface area (Å²) in [6.07, 6.45) is -2.90. The highest BCUT2D eigenvalue weighted by molar-refractivity contribution is 7.80. The number of likely N-dealkylation sites (tertiary alicyclic amines) is 1. The number of nitrogens with one attached hydrogen (secondary N) is 1. The third-order valence-electron chi connectivity index (χ3n) is 3.31. The number of carbonyl (C=O) groups is 1. The molecule has 0 radical (unpaired) electrons. The Balaban J connectivity index is 2.04. The fraction of sp³-hybridized carbons (Fsp3) is 0.385. The number of rotatable bonds is 2. The molecule has 0 aromatic heterocycles. The quantitative estimate of drug-likeness (QED) is 0.825. The smallest absolute Gasteiger partial charge is 0.392 e. The van der Waals surface area contributed by atoms with Crippen molar-refractivity contribution >= 4 is 28.9 Å². The molecule has 0 aliphatic carbocycles. The lowest BCUT2D eigenvalue weighted by molar-refractivity contribution is -0.137. The van der Waals surface area contributed by atoms with Gasteiger partial charge in [-0.3, -0.25) is 0 Å². The first kappa shape index (κ1) is 15.6. The zero-order valence-corrected chi connectivity index (χ0v) is 11.8. The largest absolute Gasteiger partial charge is 0.416 e. The molecule has 1 fully saturated rings. The summed E-state index contributed by atoms with van der Waals surface area (Å²) in [6.45, 7) is 0.522. The van der Waals surface area contributed by atoms with Gasteiger partial charge in [-0.1, -0.05) is 12.2 Å². The second-order valence-corrected chi connectivity index (χ2v) is 5.23. The fourth-order valence-electron chi connectivity index (χ4n) is 2.24. The second kappa shape index (κ2) is 5.88. The van der Waals surface area contributed by atoms with E-state index in [1.54, 1.807) is 0 Å². The third kappa shape index (κ3) is 3.63. The number of hydrogen-bond acceptors (Lipinski definition) is 2. The molecule has 3 N–H and O–H groups in total. The van der Waals surface area contributed by atoms with E-state index in [4.69, 9.17) is 18.0 Å². The Bertz CT molecular complexity index is 545. The Morgan fingerprint density at radius 1 is 1.33 bits per heavy atom. The molecule has 1 aliphatic rings. The van der Waals surface area contributed by atoms with Crippen LogP contribution < -0.4 is 11.1 Å². The summed E-state index contributed by atoms with van der Waals surface area (Å²) in [5.41, 5.74) is 5.10. The van der Waals surface area contributed by atoms with Crippen molar-refractivity contribution in [3.8, 4) is 0 Å². The van der Waals surface area contributed by atoms with Crippen molar-refractivity contribution < 1.29 is 18.0 Å². The highest BCUT2D eigenvalue weighted by Gasteiger charge is 2.32. The van der Waals surface area contributed by atoms with Crippen LogP contribution in [-0.2, 0) is 6.18 Å². The molecule has 114 valence electrons. The van der Waals surface area contributed by atoms with Gasteiger partial charge in [0.25, 0.3) is 0 Å². The number of amides is 2. The number of nitrogens with zero attached hydrogens (tertiary/aromatic N) is 1. The van der Waals surface area contributed by atoms with Gasteiger partial charge in [0.1, 0.15) is 0 Å². The molecule has 1 aromatic carbocycles. The summed E-state index contributed by atoms with van der Waals surface area (Å²) in [6, 6.07) is 3.56. The minimum Gasteiger partial charge on any atom is -0.392 e. The lowest BCUT2D eigenvalue weighted by atomic mass is 10.2. The molecule has 1 saturated heterocycles. The van der Waals surface area contributed by atoms with Gasteiger partial charge in [-0.25, -0.2) is 4.79 Å². The fourth-order valence-corrected chi connectivity index (χ4v) is 2.49. The van der Waals surface area contributed by atoms with E-state index < -0.39 is 17.8 Å². The minimum atomic E-state index is -4.39. The monoisotopic (exact) mass is 317 g/mol. The Hall–Kier alpha value is -1.83. The highest BCUT2D eigenvalue weighted by Crippen LogP contribution is 2.30. The van der Waals surface area contributed by atoms with E-state index in [1.165, 1.54) is 17.0 Å². The van der Waals surface area contributed by atoms with Crippen molar-refractivity contribution in [2.45, 2.75) is 25.1 Å². The van der Waals surface area contributed by atoms with Gasteiger partial charge in [0, 0.05) is 12.2 Å². The van der Waals surface area contributed by atoms with E-state index in [-0.39, 0.29) is 11.0 Å². The van der Waals surface area contributed by atoms with Crippen molar-refractivity contribution in [3.63, 3.8) is 0 Å². The van der Waals surface area contributed by atoms with Gasteiger partial charge >= 0.3 is 12.2 Å². The number of urea groups is 1. The van der Waals surface area contributed by atoms with E-state index in [2.05, 4.69) is 5.32 Å². The van der Waals surface area contributed by atoms with Gasteiger partial charge in [-0.05, 0) is 37.1 Å². The predicted octanol–water partition coefficient (Wildman–Crippen LogP) is 2.99. The number of nitrogens with two attached hydrogens (primary N) is 1. The first-order valence-corrected chi connectivity index (χ1v) is 6.74. The number of halogens is 3. The van der Waals surface area contributed by atoms with Crippen LogP contribution in [0.2, 0.25) is 0 Å². The topological polar surface area (TPSA) is 58.4 Å². The standard InChI is InChI=1S/C13H14F3N3OS/c14-13(15,16)8-3-5-9(6-4-8)18-12(20)19-7-1-2-10(19)11(17)21/h3-6,10H,1-2,7H2,(H2,17,21)(H,18,20). The summed E-state index contributed by atoms with van der Waals surface area (Å²) in [4.78, 5) is 13.8. The van der Waals surface area contributed by atoms with E-state index in [9.17, 15) is 18.0 Å². The van der Waals surface area contributed by atoms with Gasteiger partial charge in [-0.2, -0.15) is 13.2 Å². The Morgan fingerprint density at radius 2 is 1.95 bits per heavy atom. The summed E-state index contributed by atoms with van der Waals surface area (Å²) in [5.74, 6) is 0. The zero-order chi connectivity index (χ0) is 15.6. The average Bonchev–Trinajstić information content (AvgIpc) is 2.87. The molecule has 1 heterocycles. The first-order valence-electron chi connectivity index (χ1n) is 6.33. The molecule has 0 spiro atoms. The molecular formula is C13H14F3N3OS. The predicted molar refractivity (Wildman–Crippen MR) is 77.0 cm³/mol. The molecule has 1 unspecified atom stereocenters. The molecular weight excluding hydrogens is 303 g/mol. The summed E-state index contributed by atoms with van der Waals surface area (Å²) < 4.78 is 37.3. The van der Waals surface area contributed by atoms with Crippen LogP contribution in [0.5, 0.6) is 0 Å². The SMILES string of the molecule is NC(=S)C1CCCN1C(=O)Nc1ccc(C(F)(F)F)cc1. The molecule has 0 saturated carbocycles. The van der Waals surface area contributed by atoms with E-state index in [0.29, 0.717) is 18.7 Å². The molecule has 8 heteroatoms. The van der Waals surface area contributed by atoms with Crippen molar-refractivity contribution in [2.24, 2.45) is 5.73 Å². The summed E-state index contributed by atoms with van der Waals surface area (Å²) >= 11 is 4.91. The number of alkyl halides is 3. The van der Waals surface area contributed by atoms with Crippen LogP contribution in [0.25, 0.3) is 0 Å². The van der Waals surface area contributed by atoms with Gasteiger partial charge in [0.15, 0.2) is 0 Å². The maximum atomic E-state index is 12.4. The van der Waals surface area contributed by atoms with Crippen molar-refractivity contribution in [2.75, 3.05) is 11.9 Å². The molecule has 1 aliphatic heterocycles. The van der Waals surface area contributed by atoms with E-state index in [1.807, 2.05) is 0 Å². The van der Waals surface area contributed by atoms with Crippen LogP contribution in [-0.4, -0.2) is 28.5 Å². The summed E-state index contributed by atoms with van der Waals surface area (Å²) in [7, 11) is 0.